The Kier molecular flexibility index (Phi) is 4.54. The van der Waals surface area contributed by atoms with Gasteiger partial charge in [-0.1, -0.05) is 48.4 Å². The van der Waals surface area contributed by atoms with Gasteiger partial charge in [0.15, 0.2) is 0 Å². The second-order valence-corrected chi connectivity index (χ2v) is 11.1. The van der Waals surface area contributed by atoms with Gasteiger partial charge in [-0.25, -0.2) is 9.97 Å². The molecule has 1 aromatic heterocycles. The Hall–Kier alpha value is -2.92. The van der Waals surface area contributed by atoms with E-state index in [1.807, 2.05) is 0 Å². The smallest absolute Gasteiger partial charge is 0.225 e. The number of aryl methyl sites for hydroxylation is 1. The third-order valence-electron chi connectivity index (χ3n) is 8.86. The van der Waals surface area contributed by atoms with Crippen LogP contribution in [-0.4, -0.2) is 42.7 Å². The lowest BCUT2D eigenvalue weighted by atomic mass is 9.60. The van der Waals surface area contributed by atoms with Crippen molar-refractivity contribution in [3.63, 3.8) is 0 Å². The van der Waals surface area contributed by atoms with Crippen LogP contribution in [0.2, 0.25) is 0 Å². The molecule has 2 aromatic carbocycles. The predicted octanol–water partition coefficient (Wildman–Crippen LogP) is 4.23. The standard InChI is InChI=1S/C29H33N5/c1-21-3-5-23(6-4-21)29(12-2-13-29)24-7-9-25(10-8-24)33-14-11-22-15-31-27(32-26(22)16-33)34-19-28(20-34)17-30-18-28/h3-10,15,30H,2,11-14,16-20H2,1H3. The molecule has 0 amide bonds. The number of aromatic nitrogens is 2. The zero-order chi connectivity index (χ0) is 22.8. The summed E-state index contributed by atoms with van der Waals surface area (Å²) in [6.07, 6.45) is 6.90. The van der Waals surface area contributed by atoms with E-state index in [9.17, 15) is 0 Å². The topological polar surface area (TPSA) is 44.3 Å². The van der Waals surface area contributed by atoms with Gasteiger partial charge in [0.2, 0.25) is 5.95 Å². The molecule has 174 valence electrons. The van der Waals surface area contributed by atoms with Gasteiger partial charge in [-0.3, -0.25) is 0 Å². The fraction of sp³-hybridized carbons (Fsp3) is 0.448. The highest BCUT2D eigenvalue weighted by atomic mass is 15.3. The Morgan fingerprint density at radius 1 is 0.882 bits per heavy atom. The average molecular weight is 452 g/mol. The van der Waals surface area contributed by atoms with Crippen molar-refractivity contribution in [3.05, 3.63) is 82.7 Å². The summed E-state index contributed by atoms with van der Waals surface area (Å²) in [7, 11) is 0. The molecule has 1 aliphatic carbocycles. The van der Waals surface area contributed by atoms with Gasteiger partial charge in [0.05, 0.1) is 12.2 Å². The summed E-state index contributed by atoms with van der Waals surface area (Å²) in [5.41, 5.74) is 8.77. The Morgan fingerprint density at radius 2 is 1.59 bits per heavy atom. The summed E-state index contributed by atoms with van der Waals surface area (Å²) in [5, 5.41) is 3.41. The van der Waals surface area contributed by atoms with E-state index < -0.39 is 0 Å². The van der Waals surface area contributed by atoms with Gasteiger partial charge in [0.1, 0.15) is 0 Å². The van der Waals surface area contributed by atoms with E-state index in [1.165, 1.54) is 52.9 Å². The van der Waals surface area contributed by atoms with Crippen molar-refractivity contribution in [1.82, 2.24) is 15.3 Å². The summed E-state index contributed by atoms with van der Waals surface area (Å²) < 4.78 is 0. The van der Waals surface area contributed by atoms with Crippen molar-refractivity contribution in [2.24, 2.45) is 5.41 Å². The molecule has 7 rings (SSSR count). The minimum Gasteiger partial charge on any atom is -0.365 e. The molecular weight excluding hydrogens is 418 g/mol. The number of fused-ring (bicyclic) bond motifs is 1. The van der Waals surface area contributed by atoms with Crippen molar-refractivity contribution >= 4 is 11.6 Å². The average Bonchev–Trinajstić information content (AvgIpc) is 2.78. The van der Waals surface area contributed by atoms with Gasteiger partial charge in [0.25, 0.3) is 0 Å². The first-order valence-electron chi connectivity index (χ1n) is 12.9. The Labute approximate surface area is 202 Å². The molecule has 34 heavy (non-hydrogen) atoms. The Bertz CT molecular complexity index is 1200. The lowest BCUT2D eigenvalue weighted by Gasteiger charge is -2.56. The molecule has 1 N–H and O–H groups in total. The molecule has 3 aliphatic heterocycles. The van der Waals surface area contributed by atoms with Crippen molar-refractivity contribution in [3.8, 4) is 0 Å². The molecule has 1 saturated carbocycles. The molecule has 4 heterocycles. The predicted molar refractivity (Wildman–Crippen MR) is 137 cm³/mol. The van der Waals surface area contributed by atoms with E-state index in [0.717, 1.165) is 51.6 Å². The highest BCUT2D eigenvalue weighted by Crippen LogP contribution is 2.49. The zero-order valence-electron chi connectivity index (χ0n) is 20.1. The van der Waals surface area contributed by atoms with Crippen LogP contribution in [0.15, 0.2) is 54.7 Å². The van der Waals surface area contributed by atoms with Crippen molar-refractivity contribution in [2.45, 2.75) is 44.6 Å². The number of rotatable bonds is 4. The molecule has 5 nitrogen and oxygen atoms in total. The molecular formula is C29H33N5. The van der Waals surface area contributed by atoms with Crippen LogP contribution in [0.4, 0.5) is 11.6 Å². The summed E-state index contributed by atoms with van der Waals surface area (Å²) in [6, 6.07) is 18.6. The summed E-state index contributed by atoms with van der Waals surface area (Å²) in [6.45, 7) is 8.53. The maximum absolute atomic E-state index is 5.01. The first-order valence-corrected chi connectivity index (χ1v) is 12.9. The van der Waals surface area contributed by atoms with Gasteiger partial charge in [-0.15, -0.1) is 0 Å². The van der Waals surface area contributed by atoms with Crippen LogP contribution >= 0.6 is 0 Å². The SMILES string of the molecule is Cc1ccc(C2(c3ccc(N4CCc5cnc(N6CC7(CNC7)C6)nc5C4)cc3)CCC2)cc1. The summed E-state index contributed by atoms with van der Waals surface area (Å²) in [5.74, 6) is 0.915. The monoisotopic (exact) mass is 451 g/mol. The van der Waals surface area contributed by atoms with Crippen LogP contribution in [0.1, 0.15) is 47.2 Å². The van der Waals surface area contributed by atoms with E-state index in [4.69, 9.17) is 9.97 Å². The van der Waals surface area contributed by atoms with Gasteiger partial charge in [-0.2, -0.15) is 0 Å². The first-order chi connectivity index (χ1) is 16.6. The van der Waals surface area contributed by atoms with Crippen LogP contribution in [0.25, 0.3) is 0 Å². The normalized spacial score (nSPS) is 21.9. The van der Waals surface area contributed by atoms with Crippen LogP contribution < -0.4 is 15.1 Å². The van der Waals surface area contributed by atoms with Crippen LogP contribution in [0, 0.1) is 12.3 Å². The van der Waals surface area contributed by atoms with E-state index in [1.54, 1.807) is 0 Å². The maximum atomic E-state index is 5.01. The highest BCUT2D eigenvalue weighted by Gasteiger charge is 2.48. The molecule has 3 aromatic rings. The number of benzene rings is 2. The third kappa shape index (κ3) is 3.17. The van der Waals surface area contributed by atoms with Gasteiger partial charge >= 0.3 is 0 Å². The Morgan fingerprint density at radius 3 is 2.21 bits per heavy atom. The van der Waals surface area contributed by atoms with E-state index in [2.05, 4.69) is 76.8 Å². The van der Waals surface area contributed by atoms with Crippen molar-refractivity contribution < 1.29 is 0 Å². The number of nitrogens with zero attached hydrogens (tertiary/aromatic N) is 4. The molecule has 0 bridgehead atoms. The fourth-order valence-electron chi connectivity index (χ4n) is 6.41. The summed E-state index contributed by atoms with van der Waals surface area (Å²) in [4.78, 5) is 14.5. The summed E-state index contributed by atoms with van der Waals surface area (Å²) >= 11 is 0. The minimum atomic E-state index is 0.202. The number of anilines is 2. The van der Waals surface area contributed by atoms with E-state index >= 15 is 0 Å². The minimum absolute atomic E-state index is 0.202. The second kappa shape index (κ2) is 7.54. The Balaban J connectivity index is 1.09. The number of nitrogens with one attached hydrogen (secondary N) is 1. The quantitative estimate of drug-likeness (QED) is 0.643. The van der Waals surface area contributed by atoms with Crippen molar-refractivity contribution in [2.75, 3.05) is 42.5 Å². The molecule has 0 atom stereocenters. The lowest BCUT2D eigenvalue weighted by Crippen LogP contribution is -2.71. The van der Waals surface area contributed by atoms with Crippen LogP contribution in [0.5, 0.6) is 0 Å². The second-order valence-electron chi connectivity index (χ2n) is 11.1. The first kappa shape index (κ1) is 20.5. The van der Waals surface area contributed by atoms with Gasteiger partial charge in [-0.05, 0) is 55.0 Å². The van der Waals surface area contributed by atoms with Crippen LogP contribution in [0.3, 0.4) is 0 Å². The largest absolute Gasteiger partial charge is 0.365 e. The molecule has 1 spiro atoms. The molecule has 0 unspecified atom stereocenters. The third-order valence-corrected chi connectivity index (χ3v) is 8.86. The van der Waals surface area contributed by atoms with Gasteiger partial charge < -0.3 is 15.1 Å². The molecule has 4 aliphatic rings. The molecule has 3 fully saturated rings. The van der Waals surface area contributed by atoms with E-state index in [0.29, 0.717) is 5.41 Å². The lowest BCUT2D eigenvalue weighted by molar-refractivity contribution is 0.119. The van der Waals surface area contributed by atoms with E-state index in [-0.39, 0.29) is 5.41 Å². The highest BCUT2D eigenvalue weighted by molar-refractivity contribution is 5.53. The van der Waals surface area contributed by atoms with Crippen LogP contribution in [-0.2, 0) is 18.4 Å². The fourth-order valence-corrected chi connectivity index (χ4v) is 6.41. The zero-order valence-corrected chi connectivity index (χ0v) is 20.1. The maximum Gasteiger partial charge on any atom is 0.225 e. The van der Waals surface area contributed by atoms with Gasteiger partial charge in [0, 0.05) is 55.4 Å². The molecule has 5 heteroatoms. The number of hydrogen-bond acceptors (Lipinski definition) is 5. The number of hydrogen-bond donors (Lipinski definition) is 1. The van der Waals surface area contributed by atoms with Crippen molar-refractivity contribution in [1.29, 1.82) is 0 Å². The molecule has 2 saturated heterocycles. The molecule has 0 radical (unpaired) electrons.